The monoisotopic (exact) mass is 393 g/mol. The van der Waals surface area contributed by atoms with Crippen molar-refractivity contribution in [3.05, 3.63) is 52.2 Å². The maximum atomic E-state index is 12.5. The number of amides is 1. The number of anilines is 1. The molecule has 1 aromatic carbocycles. The Balaban J connectivity index is 1.85. The van der Waals surface area contributed by atoms with Crippen molar-refractivity contribution in [3.63, 3.8) is 0 Å². The predicted molar refractivity (Wildman–Crippen MR) is 101 cm³/mol. The summed E-state index contributed by atoms with van der Waals surface area (Å²) >= 11 is 2.90. The number of rotatable bonds is 5. The number of thiophene rings is 1. The van der Waals surface area contributed by atoms with E-state index in [0.29, 0.717) is 16.3 Å². The van der Waals surface area contributed by atoms with Crippen molar-refractivity contribution >= 4 is 43.7 Å². The Bertz CT molecular complexity index is 1010. The maximum absolute atomic E-state index is 12.5. The van der Waals surface area contributed by atoms with E-state index in [0.717, 1.165) is 10.6 Å². The van der Waals surface area contributed by atoms with E-state index in [1.807, 2.05) is 22.9 Å². The first kappa shape index (κ1) is 17.7. The largest absolute Gasteiger partial charge is 0.298 e. The summed E-state index contributed by atoms with van der Waals surface area (Å²) in [5.74, 6) is -0.391. The number of hydrogen-bond acceptors (Lipinski definition) is 6. The van der Waals surface area contributed by atoms with Gasteiger partial charge in [-0.1, -0.05) is 12.1 Å². The van der Waals surface area contributed by atoms with Crippen LogP contribution in [-0.2, 0) is 10.0 Å². The van der Waals surface area contributed by atoms with E-state index in [4.69, 9.17) is 0 Å². The molecule has 2 aromatic heterocycles. The summed E-state index contributed by atoms with van der Waals surface area (Å²) < 4.78 is 26.1. The first-order valence-corrected chi connectivity index (χ1v) is 10.5. The van der Waals surface area contributed by atoms with Gasteiger partial charge >= 0.3 is 0 Å². The lowest BCUT2D eigenvalue weighted by Gasteiger charge is -2.08. The molecule has 0 spiro atoms. The topological polar surface area (TPSA) is 88.2 Å². The summed E-state index contributed by atoms with van der Waals surface area (Å²) in [6, 6.07) is 8.34. The molecule has 0 radical (unpaired) electrons. The predicted octanol–water partition coefficient (Wildman–Crippen LogP) is 3.34. The fourth-order valence-electron chi connectivity index (χ4n) is 2.16. The number of carbonyl (C=O) groups excluding carboxylic acids is 1. The minimum absolute atomic E-state index is 0.0455. The summed E-state index contributed by atoms with van der Waals surface area (Å²) in [6.07, 6.45) is 0. The zero-order valence-electron chi connectivity index (χ0n) is 13.4. The minimum Gasteiger partial charge on any atom is -0.298 e. The first-order chi connectivity index (χ1) is 11.9. The normalized spacial score (nSPS) is 11.4. The van der Waals surface area contributed by atoms with Crippen molar-refractivity contribution in [2.75, 3.05) is 12.4 Å². The molecule has 0 aliphatic carbocycles. The van der Waals surface area contributed by atoms with Gasteiger partial charge in [0, 0.05) is 10.9 Å². The summed E-state index contributed by atoms with van der Waals surface area (Å²) in [5, 5.41) is 7.04. The van der Waals surface area contributed by atoms with Crippen LogP contribution in [0, 0.1) is 6.92 Å². The van der Waals surface area contributed by atoms with Crippen LogP contribution in [0.15, 0.2) is 46.0 Å². The molecule has 0 bridgehead atoms. The van der Waals surface area contributed by atoms with Gasteiger partial charge in [0.15, 0.2) is 5.13 Å². The Morgan fingerprint density at radius 2 is 2.00 bits per heavy atom. The van der Waals surface area contributed by atoms with Gasteiger partial charge in [0.25, 0.3) is 5.91 Å². The van der Waals surface area contributed by atoms with Crippen LogP contribution in [0.1, 0.15) is 15.9 Å². The molecular weight excluding hydrogens is 378 g/mol. The third-order valence-corrected chi connectivity index (χ3v) is 6.59. The third-order valence-electron chi connectivity index (χ3n) is 3.53. The zero-order valence-corrected chi connectivity index (χ0v) is 15.9. The Morgan fingerprint density at radius 3 is 2.68 bits per heavy atom. The number of thiazole rings is 1. The summed E-state index contributed by atoms with van der Waals surface area (Å²) in [4.78, 5) is 18.0. The average Bonchev–Trinajstić information content (AvgIpc) is 3.26. The summed E-state index contributed by atoms with van der Waals surface area (Å²) in [6.45, 7) is 1.75. The molecule has 6 nitrogen and oxygen atoms in total. The zero-order chi connectivity index (χ0) is 18.0. The molecule has 0 aliphatic heterocycles. The number of sulfonamides is 1. The van der Waals surface area contributed by atoms with Crippen molar-refractivity contribution in [2.24, 2.45) is 0 Å². The van der Waals surface area contributed by atoms with E-state index in [1.165, 1.54) is 30.5 Å². The van der Waals surface area contributed by atoms with Crippen molar-refractivity contribution in [1.82, 2.24) is 9.71 Å². The molecular formula is C16H15N3O3S3. The highest BCUT2D eigenvalue weighted by Crippen LogP contribution is 2.28. The van der Waals surface area contributed by atoms with E-state index >= 15 is 0 Å². The highest BCUT2D eigenvalue weighted by atomic mass is 32.2. The molecule has 2 heterocycles. The van der Waals surface area contributed by atoms with Crippen molar-refractivity contribution in [2.45, 2.75) is 11.8 Å². The Morgan fingerprint density at radius 1 is 1.20 bits per heavy atom. The van der Waals surface area contributed by atoms with Gasteiger partial charge < -0.3 is 0 Å². The molecule has 2 N–H and O–H groups in total. The van der Waals surface area contributed by atoms with Gasteiger partial charge in [0.2, 0.25) is 10.0 Å². The molecule has 0 unspecified atom stereocenters. The average molecular weight is 394 g/mol. The van der Waals surface area contributed by atoms with Crippen molar-refractivity contribution < 1.29 is 13.2 Å². The number of carbonyl (C=O) groups is 1. The van der Waals surface area contributed by atoms with Gasteiger partial charge in [-0.3, -0.25) is 10.1 Å². The number of nitrogens with zero attached hydrogens (tertiary/aromatic N) is 1. The van der Waals surface area contributed by atoms with E-state index in [-0.39, 0.29) is 4.90 Å². The fraction of sp³-hybridized carbons (Fsp3) is 0.125. The third kappa shape index (κ3) is 3.79. The van der Waals surface area contributed by atoms with Crippen LogP contribution in [0.4, 0.5) is 5.13 Å². The first-order valence-electron chi connectivity index (χ1n) is 7.25. The summed E-state index contributed by atoms with van der Waals surface area (Å²) in [7, 11) is -2.28. The van der Waals surface area contributed by atoms with E-state index in [1.54, 1.807) is 24.3 Å². The second kappa shape index (κ2) is 7.04. The second-order valence-electron chi connectivity index (χ2n) is 5.15. The molecule has 0 aliphatic rings. The molecule has 25 heavy (non-hydrogen) atoms. The van der Waals surface area contributed by atoms with E-state index in [2.05, 4.69) is 15.0 Å². The molecule has 3 aromatic rings. The lowest BCUT2D eigenvalue weighted by atomic mass is 10.1. The van der Waals surface area contributed by atoms with Crippen LogP contribution in [0.2, 0.25) is 0 Å². The number of nitrogens with one attached hydrogen (secondary N) is 2. The standard InChI is InChI=1S/C16H15N3O3S3/c1-10-5-6-11(25(21,22)17-2)8-12(10)15(20)19-16-18-13(9-24-16)14-4-3-7-23-14/h3-9,17H,1-2H3,(H,18,19,20). The number of aromatic nitrogens is 1. The number of hydrogen-bond donors (Lipinski definition) is 2. The molecule has 9 heteroatoms. The Hall–Kier alpha value is -2.07. The highest BCUT2D eigenvalue weighted by molar-refractivity contribution is 7.89. The van der Waals surface area contributed by atoms with Gasteiger partial charge in [-0.25, -0.2) is 18.1 Å². The molecule has 1 amide bonds. The Labute approximate surface area is 153 Å². The van der Waals surface area contributed by atoms with Crippen molar-refractivity contribution in [1.29, 1.82) is 0 Å². The molecule has 0 saturated carbocycles. The Kier molecular flexibility index (Phi) is 5.00. The van der Waals surface area contributed by atoms with Crippen LogP contribution in [0.5, 0.6) is 0 Å². The number of aryl methyl sites for hydroxylation is 1. The fourth-order valence-corrected chi connectivity index (χ4v) is 4.39. The van der Waals surface area contributed by atoms with E-state index in [9.17, 15) is 13.2 Å². The van der Waals surface area contributed by atoms with Crippen LogP contribution in [0.3, 0.4) is 0 Å². The summed E-state index contributed by atoms with van der Waals surface area (Å²) in [5.41, 5.74) is 1.78. The lowest BCUT2D eigenvalue weighted by Crippen LogP contribution is -2.20. The smallest absolute Gasteiger partial charge is 0.257 e. The maximum Gasteiger partial charge on any atom is 0.257 e. The molecule has 130 valence electrons. The van der Waals surface area contributed by atoms with Gasteiger partial charge in [-0.05, 0) is 43.1 Å². The van der Waals surface area contributed by atoms with Gasteiger partial charge in [0.1, 0.15) is 0 Å². The molecule has 3 rings (SSSR count). The van der Waals surface area contributed by atoms with Crippen molar-refractivity contribution in [3.8, 4) is 10.6 Å². The molecule has 0 fully saturated rings. The van der Waals surface area contributed by atoms with Crippen LogP contribution < -0.4 is 10.0 Å². The van der Waals surface area contributed by atoms with Crippen LogP contribution in [0.25, 0.3) is 10.6 Å². The van der Waals surface area contributed by atoms with Gasteiger partial charge in [0.05, 0.1) is 15.5 Å². The lowest BCUT2D eigenvalue weighted by molar-refractivity contribution is 0.102. The number of benzene rings is 1. The van der Waals surface area contributed by atoms with Crippen LogP contribution in [-0.4, -0.2) is 26.4 Å². The second-order valence-corrected chi connectivity index (χ2v) is 8.85. The molecule has 0 saturated heterocycles. The quantitative estimate of drug-likeness (QED) is 0.696. The molecule has 0 atom stereocenters. The van der Waals surface area contributed by atoms with Gasteiger partial charge in [-0.15, -0.1) is 22.7 Å². The van der Waals surface area contributed by atoms with Crippen LogP contribution >= 0.6 is 22.7 Å². The van der Waals surface area contributed by atoms with E-state index < -0.39 is 15.9 Å². The van der Waals surface area contributed by atoms with Gasteiger partial charge in [-0.2, -0.15) is 0 Å². The highest BCUT2D eigenvalue weighted by Gasteiger charge is 2.17. The minimum atomic E-state index is -3.61. The SMILES string of the molecule is CNS(=O)(=O)c1ccc(C)c(C(=O)Nc2nc(-c3cccs3)cs2)c1.